The highest BCUT2D eigenvalue weighted by Crippen LogP contribution is 2.36. The topological polar surface area (TPSA) is 51.6 Å². The number of rotatable bonds is 4. The van der Waals surface area contributed by atoms with Gasteiger partial charge in [-0.1, -0.05) is 85.8 Å². The number of aromatic nitrogens is 4. The molecule has 0 radical (unpaired) electrons. The minimum absolute atomic E-state index is 0.846. The van der Waals surface area contributed by atoms with Crippen LogP contribution < -0.4 is 0 Å². The first kappa shape index (κ1) is 23.2. The summed E-state index contributed by atoms with van der Waals surface area (Å²) in [5, 5.41) is 2.20. The number of hydrogen-bond donors (Lipinski definition) is 0. The Morgan fingerprint density at radius 3 is 1.97 bits per heavy atom. The highest BCUT2D eigenvalue weighted by Gasteiger charge is 2.16. The van der Waals surface area contributed by atoms with E-state index >= 15 is 0 Å². The lowest BCUT2D eigenvalue weighted by Crippen LogP contribution is -1.97. The van der Waals surface area contributed by atoms with Crippen LogP contribution in [-0.4, -0.2) is 19.9 Å². The summed E-state index contributed by atoms with van der Waals surface area (Å²) < 4.78 is 0. The summed E-state index contributed by atoms with van der Waals surface area (Å²) in [7, 11) is 0. The first-order valence-electron chi connectivity index (χ1n) is 13.3. The summed E-state index contributed by atoms with van der Waals surface area (Å²) >= 11 is 0. The lowest BCUT2D eigenvalue weighted by Gasteiger charge is -2.14. The number of pyridine rings is 2. The maximum Gasteiger partial charge on any atom is 0.0974 e. The normalized spacial score (nSPS) is 11.4. The van der Waals surface area contributed by atoms with Crippen molar-refractivity contribution in [3.63, 3.8) is 0 Å². The molecule has 0 atom stereocenters. The van der Waals surface area contributed by atoms with Crippen molar-refractivity contribution in [2.45, 2.75) is 20.3 Å². The molecule has 0 saturated carbocycles. The first-order valence-corrected chi connectivity index (χ1v) is 13.3. The van der Waals surface area contributed by atoms with Gasteiger partial charge in [0.1, 0.15) is 0 Å². The average Bonchev–Trinajstić information content (AvgIpc) is 3.00. The van der Waals surface area contributed by atoms with Gasteiger partial charge in [0, 0.05) is 33.3 Å². The second-order valence-electron chi connectivity index (χ2n) is 9.86. The Labute approximate surface area is 227 Å². The predicted molar refractivity (Wildman–Crippen MR) is 161 cm³/mol. The van der Waals surface area contributed by atoms with Crippen molar-refractivity contribution in [2.24, 2.45) is 0 Å². The molecular formula is C35H26N4. The van der Waals surface area contributed by atoms with Crippen LogP contribution in [0, 0.1) is 6.92 Å². The zero-order chi connectivity index (χ0) is 26.3. The van der Waals surface area contributed by atoms with Crippen LogP contribution in [0.15, 0.2) is 109 Å². The summed E-state index contributed by atoms with van der Waals surface area (Å²) in [5.74, 6) is 0. The molecule has 4 aromatic carbocycles. The smallest absolute Gasteiger partial charge is 0.0974 e. The molecule has 4 heteroatoms. The largest absolute Gasteiger partial charge is 0.251 e. The van der Waals surface area contributed by atoms with Gasteiger partial charge < -0.3 is 0 Å². The molecule has 0 saturated heterocycles. The quantitative estimate of drug-likeness (QED) is 0.226. The van der Waals surface area contributed by atoms with Gasteiger partial charge in [-0.2, -0.15) is 0 Å². The van der Waals surface area contributed by atoms with Gasteiger partial charge in [-0.15, -0.1) is 0 Å². The fraction of sp³-hybridized carbons (Fsp3) is 0.0857. The molecular weight excluding hydrogens is 476 g/mol. The van der Waals surface area contributed by atoms with Crippen LogP contribution >= 0.6 is 0 Å². The van der Waals surface area contributed by atoms with Crippen LogP contribution in [0.2, 0.25) is 0 Å². The van der Waals surface area contributed by atoms with Gasteiger partial charge in [0.05, 0.1) is 33.5 Å². The Morgan fingerprint density at radius 2 is 1.21 bits per heavy atom. The Balaban J connectivity index is 1.47. The molecule has 4 nitrogen and oxygen atoms in total. The molecule has 186 valence electrons. The summed E-state index contributed by atoms with van der Waals surface area (Å²) in [6.45, 7) is 4.18. The van der Waals surface area contributed by atoms with E-state index in [1.807, 2.05) is 49.4 Å². The molecule has 0 spiro atoms. The van der Waals surface area contributed by atoms with Gasteiger partial charge >= 0.3 is 0 Å². The lowest BCUT2D eigenvalue weighted by molar-refractivity contribution is 1.06. The molecule has 0 amide bonds. The number of fused-ring (bicyclic) bond motifs is 4. The summed E-state index contributed by atoms with van der Waals surface area (Å²) in [4.78, 5) is 20.1. The van der Waals surface area contributed by atoms with E-state index in [2.05, 4.69) is 73.7 Å². The fourth-order valence-corrected chi connectivity index (χ4v) is 5.27. The third-order valence-electron chi connectivity index (χ3n) is 7.26. The maximum atomic E-state index is 5.12. The highest BCUT2D eigenvalue weighted by molar-refractivity contribution is 6.08. The van der Waals surface area contributed by atoms with Gasteiger partial charge in [0.25, 0.3) is 0 Å². The molecule has 0 fully saturated rings. The lowest BCUT2D eigenvalue weighted by atomic mass is 9.95. The molecule has 0 bridgehead atoms. The van der Waals surface area contributed by atoms with Crippen molar-refractivity contribution in [3.8, 4) is 33.6 Å². The second kappa shape index (κ2) is 9.41. The van der Waals surface area contributed by atoms with E-state index in [1.165, 1.54) is 0 Å². The van der Waals surface area contributed by atoms with Crippen molar-refractivity contribution >= 4 is 32.8 Å². The zero-order valence-corrected chi connectivity index (χ0v) is 21.9. The molecule has 0 unspecified atom stereocenters. The summed E-state index contributed by atoms with van der Waals surface area (Å²) in [6.07, 6.45) is 0.846. The molecule has 3 aromatic heterocycles. The van der Waals surface area contributed by atoms with Crippen LogP contribution in [0.3, 0.4) is 0 Å². The SMILES string of the molecule is CCc1cc(-c2cccc(-c3nc4ccccc4nc3-c3ccccc3)c2)c2ccc3ccc(C)nc3c2n1. The fourth-order valence-electron chi connectivity index (χ4n) is 5.27. The molecule has 7 aromatic rings. The third kappa shape index (κ3) is 4.11. The predicted octanol–water partition coefficient (Wildman–Crippen LogP) is 8.60. The third-order valence-corrected chi connectivity index (χ3v) is 7.26. The van der Waals surface area contributed by atoms with Crippen LogP contribution in [0.1, 0.15) is 18.3 Å². The molecule has 0 aliphatic rings. The second-order valence-corrected chi connectivity index (χ2v) is 9.86. The Bertz CT molecular complexity index is 2010. The van der Waals surface area contributed by atoms with Gasteiger partial charge in [-0.3, -0.25) is 9.97 Å². The highest BCUT2D eigenvalue weighted by atomic mass is 14.8. The molecule has 0 N–H and O–H groups in total. The van der Waals surface area contributed by atoms with Crippen molar-refractivity contribution in [1.29, 1.82) is 0 Å². The van der Waals surface area contributed by atoms with Crippen molar-refractivity contribution < 1.29 is 0 Å². The Hall–Kier alpha value is -4.96. The number of nitrogens with zero attached hydrogens (tertiary/aromatic N) is 4. The Kier molecular flexibility index (Phi) is 5.59. The van der Waals surface area contributed by atoms with Crippen molar-refractivity contribution in [3.05, 3.63) is 121 Å². The average molecular weight is 503 g/mol. The molecule has 0 aliphatic carbocycles. The number of hydrogen-bond acceptors (Lipinski definition) is 4. The summed E-state index contributed by atoms with van der Waals surface area (Å²) in [6, 6.07) is 37.7. The van der Waals surface area contributed by atoms with E-state index in [1.54, 1.807) is 0 Å². The van der Waals surface area contributed by atoms with Gasteiger partial charge in [0.2, 0.25) is 0 Å². The van der Waals surface area contributed by atoms with E-state index in [9.17, 15) is 0 Å². The molecule has 0 aliphatic heterocycles. The van der Waals surface area contributed by atoms with Gasteiger partial charge in [-0.05, 0) is 54.8 Å². The molecule has 39 heavy (non-hydrogen) atoms. The first-order chi connectivity index (χ1) is 19.2. The maximum absolute atomic E-state index is 5.12. The minimum Gasteiger partial charge on any atom is -0.251 e. The number of aryl methyl sites for hydroxylation is 2. The summed E-state index contributed by atoms with van der Waals surface area (Å²) in [5.41, 5.74) is 11.8. The number of para-hydroxylation sites is 2. The van der Waals surface area contributed by atoms with Crippen LogP contribution in [0.5, 0.6) is 0 Å². The van der Waals surface area contributed by atoms with Crippen LogP contribution in [-0.2, 0) is 6.42 Å². The van der Waals surface area contributed by atoms with Gasteiger partial charge in [-0.25, -0.2) is 9.97 Å². The molecule has 7 rings (SSSR count). The van der Waals surface area contributed by atoms with E-state index in [0.29, 0.717) is 0 Å². The monoisotopic (exact) mass is 502 g/mol. The molecule has 3 heterocycles. The van der Waals surface area contributed by atoms with Crippen molar-refractivity contribution in [1.82, 2.24) is 19.9 Å². The Morgan fingerprint density at radius 1 is 0.538 bits per heavy atom. The zero-order valence-electron chi connectivity index (χ0n) is 21.9. The van der Waals surface area contributed by atoms with Crippen LogP contribution in [0.25, 0.3) is 66.5 Å². The van der Waals surface area contributed by atoms with E-state index in [4.69, 9.17) is 19.9 Å². The number of benzene rings is 4. The minimum atomic E-state index is 0.846. The van der Waals surface area contributed by atoms with E-state index in [-0.39, 0.29) is 0 Å². The van der Waals surface area contributed by atoms with Gasteiger partial charge in [0.15, 0.2) is 0 Å². The van der Waals surface area contributed by atoms with Crippen LogP contribution in [0.4, 0.5) is 0 Å². The van der Waals surface area contributed by atoms with E-state index in [0.717, 1.165) is 84.3 Å². The van der Waals surface area contributed by atoms with Crippen molar-refractivity contribution in [2.75, 3.05) is 0 Å². The standard InChI is InChI=1S/C35H26N4/c1-3-27-21-29(28-19-18-24-17-16-22(2)36-33(24)35(28)37-27)25-12-9-13-26(20-25)34-32(23-10-5-4-6-11-23)38-30-14-7-8-15-31(30)39-34/h4-21H,3H2,1-2H3. The van der Waals surface area contributed by atoms with E-state index < -0.39 is 0 Å².